The van der Waals surface area contributed by atoms with Crippen LogP contribution in [0.1, 0.15) is 44.6 Å². The lowest BCUT2D eigenvalue weighted by atomic mass is 9.92. The van der Waals surface area contributed by atoms with Crippen LogP contribution < -0.4 is 5.32 Å². The predicted octanol–water partition coefficient (Wildman–Crippen LogP) is 2.60. The van der Waals surface area contributed by atoms with Crippen LogP contribution in [0.2, 0.25) is 0 Å². The van der Waals surface area contributed by atoms with Crippen LogP contribution in [0.4, 0.5) is 0 Å². The second-order valence-electron chi connectivity index (χ2n) is 5.85. The maximum Gasteiger partial charge on any atom is 0.267 e. The fraction of sp³-hybridized carbons (Fsp3) is 0.615. The van der Waals surface area contributed by atoms with Gasteiger partial charge in [-0.1, -0.05) is 20.8 Å². The number of hydrogen-bond acceptors (Lipinski definition) is 3. The van der Waals surface area contributed by atoms with Gasteiger partial charge in [0, 0.05) is 30.0 Å². The van der Waals surface area contributed by atoms with Crippen molar-refractivity contribution in [1.82, 2.24) is 9.88 Å². The number of nitrogens with one attached hydrogen (secondary N) is 1. The molecule has 0 aliphatic heterocycles. The number of amides is 1. The topological polar surface area (TPSA) is 68.2 Å². The Morgan fingerprint density at radius 2 is 2.00 bits per heavy atom. The summed E-state index contributed by atoms with van der Waals surface area (Å²) in [5.74, 6) is -0.289. The lowest BCUT2D eigenvalue weighted by molar-refractivity contribution is 0.0940. The first kappa shape index (κ1) is 17.0. The summed E-state index contributed by atoms with van der Waals surface area (Å²) in [6.45, 7) is 9.13. The third kappa shape index (κ3) is 4.83. The molecule has 0 bridgehead atoms. The van der Waals surface area contributed by atoms with Gasteiger partial charge >= 0.3 is 0 Å². The Labute approximate surface area is 124 Å². The number of hydrogen-bond donors (Lipinski definition) is 1. The molecule has 0 aliphatic carbocycles. The zero-order valence-electron chi connectivity index (χ0n) is 12.2. The third-order valence-electron chi connectivity index (χ3n) is 2.89. The van der Waals surface area contributed by atoms with Crippen molar-refractivity contribution in [2.45, 2.75) is 45.6 Å². The summed E-state index contributed by atoms with van der Waals surface area (Å²) >= 11 is 0. The van der Waals surface area contributed by atoms with Crippen molar-refractivity contribution in [3.8, 4) is 0 Å². The first-order valence-electron chi connectivity index (χ1n) is 6.47. The largest absolute Gasteiger partial charge is 0.351 e. The highest BCUT2D eigenvalue weighted by Crippen LogP contribution is 2.19. The lowest BCUT2D eigenvalue weighted by Gasteiger charge is -2.18. The number of carbonyl (C=O) groups is 1. The van der Waals surface area contributed by atoms with Crippen LogP contribution in [0.5, 0.6) is 0 Å². The van der Waals surface area contributed by atoms with E-state index in [1.165, 1.54) is 12.3 Å². The molecular weight excluding hydrogens is 300 g/mol. The van der Waals surface area contributed by atoms with E-state index in [1.807, 2.05) is 6.92 Å². The molecule has 1 aromatic rings. The normalized spacial score (nSPS) is 12.4. The number of carbonyl (C=O) groups excluding carboxylic acids is 1. The molecule has 0 fully saturated rings. The molecule has 114 valence electrons. The van der Waals surface area contributed by atoms with Crippen LogP contribution in [-0.2, 0) is 15.6 Å². The van der Waals surface area contributed by atoms with Crippen molar-refractivity contribution in [3.05, 3.63) is 18.0 Å². The Balaban J connectivity index is 2.85. The highest BCUT2D eigenvalue weighted by atomic mass is 35.7. The average molecular weight is 321 g/mol. The third-order valence-corrected chi connectivity index (χ3v) is 4.21. The molecule has 0 saturated carbocycles. The van der Waals surface area contributed by atoms with Crippen molar-refractivity contribution < 1.29 is 13.2 Å². The highest BCUT2D eigenvalue weighted by Gasteiger charge is 2.19. The fourth-order valence-corrected chi connectivity index (χ4v) is 2.47. The number of nitrogens with zero attached hydrogens (tertiary/aromatic N) is 1. The van der Waals surface area contributed by atoms with Gasteiger partial charge in [0.2, 0.25) is 0 Å². The van der Waals surface area contributed by atoms with Crippen LogP contribution in [0, 0.1) is 5.41 Å². The molecule has 0 radical (unpaired) electrons. The summed E-state index contributed by atoms with van der Waals surface area (Å²) in [5, 5.41) is 2.80. The zero-order valence-corrected chi connectivity index (χ0v) is 13.8. The SMILES string of the molecule is CCn1cc(S(=O)(=O)Cl)cc1C(=O)NCCC(C)(C)C. The zero-order chi connectivity index (χ0) is 15.6. The van der Waals surface area contributed by atoms with Gasteiger partial charge in [0.05, 0.1) is 0 Å². The molecular formula is C13H21ClN2O3S. The maximum absolute atomic E-state index is 12.1. The molecule has 7 heteroatoms. The molecule has 0 spiro atoms. The van der Waals surface area contributed by atoms with E-state index in [9.17, 15) is 13.2 Å². The molecule has 1 rings (SSSR count). The maximum atomic E-state index is 12.1. The molecule has 0 unspecified atom stereocenters. The summed E-state index contributed by atoms with van der Waals surface area (Å²) in [6.07, 6.45) is 2.22. The van der Waals surface area contributed by atoms with Crippen LogP contribution in [0.25, 0.3) is 0 Å². The summed E-state index contributed by atoms with van der Waals surface area (Å²) in [7, 11) is 1.48. The molecule has 1 heterocycles. The van der Waals surface area contributed by atoms with Crippen molar-refractivity contribution in [1.29, 1.82) is 0 Å². The van der Waals surface area contributed by atoms with Gasteiger partial charge in [0.15, 0.2) is 0 Å². The van der Waals surface area contributed by atoms with Gasteiger partial charge in [-0.2, -0.15) is 0 Å². The van der Waals surface area contributed by atoms with Gasteiger partial charge in [0.25, 0.3) is 15.0 Å². The minimum Gasteiger partial charge on any atom is -0.351 e. The Morgan fingerprint density at radius 1 is 1.40 bits per heavy atom. The summed E-state index contributed by atoms with van der Waals surface area (Å²) < 4.78 is 24.2. The molecule has 0 atom stereocenters. The summed E-state index contributed by atoms with van der Waals surface area (Å²) in [6, 6.07) is 1.30. The summed E-state index contributed by atoms with van der Waals surface area (Å²) in [4.78, 5) is 12.0. The second kappa shape index (κ2) is 6.18. The van der Waals surface area contributed by atoms with Gasteiger partial charge in [-0.15, -0.1) is 0 Å². The Morgan fingerprint density at radius 3 is 2.45 bits per heavy atom. The molecule has 1 amide bonds. The van der Waals surface area contributed by atoms with Crippen LogP contribution in [-0.4, -0.2) is 25.4 Å². The van der Waals surface area contributed by atoms with E-state index in [2.05, 4.69) is 26.1 Å². The molecule has 0 saturated heterocycles. The molecule has 0 aliphatic rings. The van der Waals surface area contributed by atoms with E-state index in [0.29, 0.717) is 18.8 Å². The quantitative estimate of drug-likeness (QED) is 0.848. The van der Waals surface area contributed by atoms with Gasteiger partial charge in [-0.05, 0) is 24.8 Å². The number of halogens is 1. The summed E-state index contributed by atoms with van der Waals surface area (Å²) in [5.41, 5.74) is 0.436. The number of aromatic nitrogens is 1. The Bertz CT molecular complexity index is 585. The van der Waals surface area contributed by atoms with Gasteiger partial charge in [-0.3, -0.25) is 4.79 Å². The van der Waals surface area contributed by atoms with Crippen LogP contribution in [0.15, 0.2) is 17.2 Å². The molecule has 20 heavy (non-hydrogen) atoms. The monoisotopic (exact) mass is 320 g/mol. The van der Waals surface area contributed by atoms with E-state index < -0.39 is 9.05 Å². The lowest BCUT2D eigenvalue weighted by Crippen LogP contribution is -2.28. The Kier molecular flexibility index (Phi) is 5.27. The minimum atomic E-state index is -3.82. The van der Waals surface area contributed by atoms with Crippen molar-refractivity contribution >= 4 is 25.6 Å². The van der Waals surface area contributed by atoms with Gasteiger partial charge in [-0.25, -0.2) is 8.42 Å². The first-order valence-corrected chi connectivity index (χ1v) is 8.78. The van der Waals surface area contributed by atoms with Gasteiger partial charge < -0.3 is 9.88 Å². The second-order valence-corrected chi connectivity index (χ2v) is 8.42. The smallest absolute Gasteiger partial charge is 0.267 e. The molecule has 1 N–H and O–H groups in total. The number of rotatable bonds is 5. The highest BCUT2D eigenvalue weighted by molar-refractivity contribution is 8.13. The van der Waals surface area contributed by atoms with Gasteiger partial charge in [0.1, 0.15) is 10.6 Å². The van der Waals surface area contributed by atoms with Crippen molar-refractivity contribution in [2.24, 2.45) is 5.41 Å². The average Bonchev–Trinajstić information content (AvgIpc) is 2.70. The van der Waals surface area contributed by atoms with Crippen LogP contribution in [0.3, 0.4) is 0 Å². The molecule has 5 nitrogen and oxygen atoms in total. The van der Waals surface area contributed by atoms with E-state index in [0.717, 1.165) is 6.42 Å². The van der Waals surface area contributed by atoms with Crippen LogP contribution >= 0.6 is 10.7 Å². The van der Waals surface area contributed by atoms with Crippen molar-refractivity contribution in [2.75, 3.05) is 6.54 Å². The van der Waals surface area contributed by atoms with E-state index in [1.54, 1.807) is 4.57 Å². The fourth-order valence-electron chi connectivity index (χ4n) is 1.71. The number of aryl methyl sites for hydroxylation is 1. The Hall–Kier alpha value is -1.01. The van der Waals surface area contributed by atoms with Crippen molar-refractivity contribution in [3.63, 3.8) is 0 Å². The van der Waals surface area contributed by atoms with E-state index in [4.69, 9.17) is 10.7 Å². The molecule has 1 aromatic heterocycles. The standard InChI is InChI=1S/C13H21ClN2O3S/c1-5-16-9-10(20(14,18)19)8-11(16)12(17)15-7-6-13(2,3)4/h8-9H,5-7H2,1-4H3,(H,15,17). The first-order chi connectivity index (χ1) is 9.04. The molecule has 0 aromatic carbocycles. The predicted molar refractivity (Wildman–Crippen MR) is 79.6 cm³/mol. The van der Waals surface area contributed by atoms with E-state index in [-0.39, 0.29) is 16.2 Å². The van der Waals surface area contributed by atoms with E-state index >= 15 is 0 Å². The minimum absolute atomic E-state index is 0.0537.